The van der Waals surface area contributed by atoms with Crippen LogP contribution in [-0.4, -0.2) is 93.2 Å². The number of nitrogens with zero attached hydrogens (tertiary/aromatic N) is 6. The summed E-state index contributed by atoms with van der Waals surface area (Å²) >= 11 is 0. The first-order chi connectivity index (χ1) is 19.4. The highest BCUT2D eigenvalue weighted by atomic mass is 16.6. The fourth-order valence-corrected chi connectivity index (χ4v) is 5.02. The van der Waals surface area contributed by atoms with Gasteiger partial charge in [0.2, 0.25) is 0 Å². The summed E-state index contributed by atoms with van der Waals surface area (Å²) in [6, 6.07) is 1.92. The monoisotopic (exact) mass is 567 g/mol. The Morgan fingerprint density at radius 1 is 1.10 bits per heavy atom. The molecule has 222 valence electrons. The van der Waals surface area contributed by atoms with Gasteiger partial charge in [-0.2, -0.15) is 5.10 Å². The first kappa shape index (κ1) is 28.6. The van der Waals surface area contributed by atoms with Crippen LogP contribution in [0.2, 0.25) is 0 Å². The van der Waals surface area contributed by atoms with Crippen LogP contribution in [0.25, 0.3) is 11.2 Å². The molecule has 2 amide bonds. The van der Waals surface area contributed by atoms with Crippen molar-refractivity contribution in [3.63, 3.8) is 0 Å². The molecule has 12 heteroatoms. The van der Waals surface area contributed by atoms with Gasteiger partial charge >= 0.3 is 12.2 Å². The summed E-state index contributed by atoms with van der Waals surface area (Å²) in [6.07, 6.45) is 9.51. The van der Waals surface area contributed by atoms with Gasteiger partial charge in [0, 0.05) is 50.9 Å². The molecule has 0 aromatic carbocycles. The topological polar surface area (TPSA) is 128 Å². The maximum absolute atomic E-state index is 13.1. The maximum Gasteiger partial charge on any atom is 0.410 e. The summed E-state index contributed by atoms with van der Waals surface area (Å²) in [5, 5.41) is 4.46. The first-order valence-electron chi connectivity index (χ1n) is 14.3. The number of ether oxygens (including phenoxy) is 3. The van der Waals surface area contributed by atoms with Gasteiger partial charge in [0.05, 0.1) is 18.3 Å². The van der Waals surface area contributed by atoms with Crippen molar-refractivity contribution in [2.75, 3.05) is 44.2 Å². The maximum atomic E-state index is 13.1. The normalized spacial score (nSPS) is 22.3. The number of amides is 2. The van der Waals surface area contributed by atoms with E-state index in [9.17, 15) is 9.59 Å². The van der Waals surface area contributed by atoms with Crippen molar-refractivity contribution in [1.82, 2.24) is 24.4 Å². The minimum absolute atomic E-state index is 0.184. The van der Waals surface area contributed by atoms with Gasteiger partial charge in [0.15, 0.2) is 11.5 Å². The molecule has 1 aliphatic carbocycles. The van der Waals surface area contributed by atoms with Gasteiger partial charge in [-0.3, -0.25) is 0 Å². The van der Waals surface area contributed by atoms with E-state index >= 15 is 0 Å². The van der Waals surface area contributed by atoms with Crippen molar-refractivity contribution in [3.05, 3.63) is 42.1 Å². The van der Waals surface area contributed by atoms with Gasteiger partial charge in [0.25, 0.3) is 0 Å². The summed E-state index contributed by atoms with van der Waals surface area (Å²) in [4.78, 5) is 35.9. The molecule has 2 aromatic rings. The summed E-state index contributed by atoms with van der Waals surface area (Å²) in [7, 11) is 0. The Hall–Kier alpha value is -3.96. The van der Waals surface area contributed by atoms with E-state index < -0.39 is 11.2 Å². The molecule has 41 heavy (non-hydrogen) atoms. The highest BCUT2D eigenvalue weighted by Crippen LogP contribution is 2.31. The molecule has 2 N–H and O–H groups in total. The summed E-state index contributed by atoms with van der Waals surface area (Å²) in [6.45, 7) is 12.3. The van der Waals surface area contributed by atoms with Gasteiger partial charge < -0.3 is 34.6 Å². The van der Waals surface area contributed by atoms with E-state index in [0.717, 1.165) is 29.8 Å². The summed E-state index contributed by atoms with van der Waals surface area (Å²) in [5.41, 5.74) is 7.24. The van der Waals surface area contributed by atoms with Gasteiger partial charge in [-0.05, 0) is 53.5 Å². The van der Waals surface area contributed by atoms with E-state index in [0.29, 0.717) is 57.2 Å². The second-order valence-electron chi connectivity index (χ2n) is 12.2. The van der Waals surface area contributed by atoms with Gasteiger partial charge in [-0.25, -0.2) is 19.1 Å². The highest BCUT2D eigenvalue weighted by Gasteiger charge is 2.42. The Labute approximate surface area is 240 Å². The third kappa shape index (κ3) is 6.68. The third-order valence-electron chi connectivity index (χ3n) is 7.34. The minimum Gasteiger partial charge on any atom is -0.476 e. The van der Waals surface area contributed by atoms with E-state index in [2.05, 4.69) is 10.00 Å². The molecule has 0 unspecified atom stereocenters. The van der Waals surface area contributed by atoms with Crippen LogP contribution in [0.5, 0.6) is 0 Å². The number of likely N-dealkylation sites (tertiary alicyclic amines) is 1. The molecule has 0 bridgehead atoms. The number of carbonyl (C=O) groups excluding carboxylic acids is 2. The van der Waals surface area contributed by atoms with Crippen molar-refractivity contribution in [2.24, 2.45) is 5.73 Å². The van der Waals surface area contributed by atoms with E-state index in [-0.39, 0.29) is 18.3 Å². The predicted octanol–water partition coefficient (Wildman–Crippen LogP) is 3.77. The molecule has 3 fully saturated rings. The molecular formula is C29H41N7O5. The van der Waals surface area contributed by atoms with Crippen molar-refractivity contribution < 1.29 is 23.8 Å². The van der Waals surface area contributed by atoms with Crippen LogP contribution in [0.4, 0.5) is 15.4 Å². The Morgan fingerprint density at radius 3 is 2.49 bits per heavy atom. The second-order valence-corrected chi connectivity index (χ2v) is 12.2. The number of piperazine rings is 1. The number of hydrogen-bond donors (Lipinski definition) is 1. The lowest BCUT2D eigenvalue weighted by Crippen LogP contribution is -2.51. The average Bonchev–Trinajstić information content (AvgIpc) is 3.50. The van der Waals surface area contributed by atoms with Gasteiger partial charge in [-0.1, -0.05) is 12.2 Å². The summed E-state index contributed by atoms with van der Waals surface area (Å²) in [5.74, 6) is 1.18. The molecular weight excluding hydrogens is 526 g/mol. The lowest BCUT2D eigenvalue weighted by Gasteiger charge is -2.36. The molecule has 12 nitrogen and oxygen atoms in total. The number of anilines is 1. The van der Waals surface area contributed by atoms with Crippen LogP contribution >= 0.6 is 0 Å². The largest absolute Gasteiger partial charge is 0.476 e. The Bertz CT molecular complexity index is 1350. The Morgan fingerprint density at radius 2 is 1.83 bits per heavy atom. The summed E-state index contributed by atoms with van der Waals surface area (Å²) < 4.78 is 19.0. The van der Waals surface area contributed by atoms with Crippen LogP contribution in [0.15, 0.2) is 36.5 Å². The van der Waals surface area contributed by atoms with Crippen LogP contribution in [0.3, 0.4) is 0 Å². The quantitative estimate of drug-likeness (QED) is 0.410. The van der Waals surface area contributed by atoms with Crippen molar-refractivity contribution in [1.29, 1.82) is 0 Å². The molecule has 4 heterocycles. The number of fused-ring (bicyclic) bond motifs is 1. The Balaban J connectivity index is 1.21. The first-order valence-corrected chi connectivity index (χ1v) is 14.3. The zero-order chi connectivity index (χ0) is 29.4. The van der Waals surface area contributed by atoms with Crippen LogP contribution < -0.4 is 10.6 Å². The number of carbonyl (C=O) groups is 2. The van der Waals surface area contributed by atoms with Crippen molar-refractivity contribution >= 4 is 29.2 Å². The lowest BCUT2D eigenvalue weighted by molar-refractivity contribution is -0.00147. The SMILES string of the molecule is C/C=C\C(=C(/N)OC1CC1)c1cnn2ccc(N3CCN(C(=O)O[C@]4(C)CCN(C(=O)OC(C)(C)C)C4)CC3)nc12. The number of rotatable bonds is 6. The Kier molecular flexibility index (Phi) is 7.76. The molecule has 3 aliphatic rings. The van der Waals surface area contributed by atoms with Gasteiger partial charge in [-0.15, -0.1) is 0 Å². The van der Waals surface area contributed by atoms with Crippen LogP contribution in [0, 0.1) is 0 Å². The van der Waals surface area contributed by atoms with E-state index in [1.165, 1.54) is 0 Å². The van der Waals surface area contributed by atoms with E-state index in [1.807, 2.05) is 59.0 Å². The standard InChI is InChI=1S/C29H41N7O5/c1-6-7-21(24(30)39-20-8-9-20)22-18-31-36-12-10-23(32-25(22)36)33-14-16-34(17-15-33)26(37)41-29(5)11-13-35(19-29)27(38)40-28(2,3)4/h6-7,10,12,18,20H,8-9,11,13-17,19,30H2,1-5H3/b7-6-,24-21-/t29-/m1/s1. The predicted molar refractivity (Wildman–Crippen MR) is 154 cm³/mol. The highest BCUT2D eigenvalue weighted by molar-refractivity contribution is 5.83. The number of nitrogens with two attached hydrogens (primary N) is 1. The van der Waals surface area contributed by atoms with Gasteiger partial charge in [0.1, 0.15) is 23.1 Å². The third-order valence-corrected chi connectivity index (χ3v) is 7.34. The fourth-order valence-electron chi connectivity index (χ4n) is 5.02. The van der Waals surface area contributed by atoms with Crippen LogP contribution in [0.1, 0.15) is 59.4 Å². The molecule has 0 radical (unpaired) electrons. The number of allylic oxidation sites excluding steroid dienone is 3. The van der Waals surface area contributed by atoms with Crippen molar-refractivity contribution in [2.45, 2.75) is 71.2 Å². The molecule has 5 rings (SSSR count). The van der Waals surface area contributed by atoms with E-state index in [4.69, 9.17) is 24.9 Å². The average molecular weight is 568 g/mol. The zero-order valence-corrected chi connectivity index (χ0v) is 24.6. The van der Waals surface area contributed by atoms with Crippen LogP contribution in [-0.2, 0) is 14.2 Å². The lowest BCUT2D eigenvalue weighted by atomic mass is 10.1. The second kappa shape index (κ2) is 11.1. The number of hydrogen-bond acceptors (Lipinski definition) is 9. The smallest absolute Gasteiger partial charge is 0.410 e. The molecule has 1 atom stereocenters. The molecule has 2 saturated heterocycles. The number of aromatic nitrogens is 3. The minimum atomic E-state index is -0.751. The van der Waals surface area contributed by atoms with Crippen molar-refractivity contribution in [3.8, 4) is 0 Å². The fraction of sp³-hybridized carbons (Fsp3) is 0.586. The van der Waals surface area contributed by atoms with E-state index in [1.54, 1.807) is 20.5 Å². The molecule has 0 spiro atoms. The molecule has 1 saturated carbocycles. The molecule has 2 aliphatic heterocycles. The molecule has 2 aromatic heterocycles. The zero-order valence-electron chi connectivity index (χ0n) is 24.6.